The Morgan fingerprint density at radius 1 is 1.12 bits per heavy atom. The van der Waals surface area contributed by atoms with Crippen LogP contribution in [-0.4, -0.2) is 46.4 Å². The lowest BCUT2D eigenvalue weighted by Gasteiger charge is -2.27. The second-order valence-corrected chi connectivity index (χ2v) is 6.52. The number of nitrogens with one attached hydrogen (secondary N) is 2. The van der Waals surface area contributed by atoms with Crippen molar-refractivity contribution in [3.8, 4) is 0 Å². The van der Waals surface area contributed by atoms with E-state index in [1.807, 2.05) is 0 Å². The largest absolute Gasteiger partial charge is 0.393 e. The van der Waals surface area contributed by atoms with Crippen LogP contribution in [-0.2, 0) is 4.74 Å². The zero-order valence-corrected chi connectivity index (χ0v) is 13.6. The van der Waals surface area contributed by atoms with E-state index in [1.165, 1.54) is 6.20 Å². The third kappa shape index (κ3) is 4.33. The summed E-state index contributed by atoms with van der Waals surface area (Å²) in [5.74, 6) is 0.636. The molecule has 2 fully saturated rings. The summed E-state index contributed by atoms with van der Waals surface area (Å²) in [4.78, 5) is 15.0. The molecule has 0 unspecified atom stereocenters. The first-order chi connectivity index (χ1) is 11.6. The van der Waals surface area contributed by atoms with Crippen molar-refractivity contribution in [1.82, 2.24) is 4.98 Å². The number of aliphatic hydroxyl groups excluding tert-OH is 1. The monoisotopic (exact) mass is 336 g/mol. The third-order valence-corrected chi connectivity index (χ3v) is 4.71. The lowest BCUT2D eigenvalue weighted by atomic mass is 9.93. The maximum Gasteiger partial charge on any atom is 0.310 e. The van der Waals surface area contributed by atoms with E-state index in [0.29, 0.717) is 24.7 Å². The van der Waals surface area contributed by atoms with Crippen LogP contribution in [0.5, 0.6) is 0 Å². The molecule has 3 rings (SSSR count). The molecule has 3 N–H and O–H groups in total. The number of hydrogen-bond acceptors (Lipinski definition) is 7. The van der Waals surface area contributed by atoms with Crippen LogP contribution in [0.1, 0.15) is 38.5 Å². The maximum absolute atomic E-state index is 11.3. The average Bonchev–Trinajstić information content (AvgIpc) is 2.58. The van der Waals surface area contributed by atoms with E-state index in [9.17, 15) is 15.2 Å². The van der Waals surface area contributed by atoms with Crippen LogP contribution in [0.3, 0.4) is 0 Å². The van der Waals surface area contributed by atoms with Gasteiger partial charge in [0.1, 0.15) is 17.7 Å². The Bertz CT molecular complexity index is 569. The predicted octanol–water partition coefficient (Wildman–Crippen LogP) is 2.30. The Balaban J connectivity index is 1.71. The highest BCUT2D eigenvalue weighted by Gasteiger charge is 2.23. The summed E-state index contributed by atoms with van der Waals surface area (Å²) in [6, 6.07) is 2.15. The van der Waals surface area contributed by atoms with Gasteiger partial charge in [-0.25, -0.2) is 4.98 Å². The summed E-state index contributed by atoms with van der Waals surface area (Å²) >= 11 is 0. The van der Waals surface area contributed by atoms with Crippen molar-refractivity contribution in [2.75, 3.05) is 23.8 Å². The van der Waals surface area contributed by atoms with Gasteiger partial charge in [0.2, 0.25) is 0 Å². The molecule has 1 saturated carbocycles. The highest BCUT2D eigenvalue weighted by molar-refractivity contribution is 5.65. The van der Waals surface area contributed by atoms with Gasteiger partial charge in [-0.05, 0) is 38.5 Å². The van der Waals surface area contributed by atoms with Gasteiger partial charge in [-0.1, -0.05) is 0 Å². The van der Waals surface area contributed by atoms with E-state index in [4.69, 9.17) is 4.74 Å². The van der Waals surface area contributed by atoms with E-state index in [-0.39, 0.29) is 23.9 Å². The van der Waals surface area contributed by atoms with Crippen molar-refractivity contribution in [3.63, 3.8) is 0 Å². The molecule has 1 aliphatic carbocycles. The molecule has 1 aromatic heterocycles. The minimum Gasteiger partial charge on any atom is -0.393 e. The maximum atomic E-state index is 11.3. The van der Waals surface area contributed by atoms with Gasteiger partial charge in [-0.15, -0.1) is 0 Å². The molecule has 1 aromatic rings. The molecule has 132 valence electrons. The summed E-state index contributed by atoms with van der Waals surface area (Å²) in [5, 5.41) is 27.4. The lowest BCUT2D eigenvalue weighted by molar-refractivity contribution is -0.384. The Labute approximate surface area is 140 Å². The Kier molecular flexibility index (Phi) is 5.47. The van der Waals surface area contributed by atoms with Crippen LogP contribution in [0.4, 0.5) is 17.2 Å². The summed E-state index contributed by atoms with van der Waals surface area (Å²) in [6.07, 6.45) is 6.08. The first-order valence-electron chi connectivity index (χ1n) is 8.55. The van der Waals surface area contributed by atoms with Crippen molar-refractivity contribution in [3.05, 3.63) is 22.4 Å². The summed E-state index contributed by atoms with van der Waals surface area (Å²) in [5.41, 5.74) is 0.492. The minimum atomic E-state index is -0.407. The number of hydrogen-bond donors (Lipinski definition) is 3. The molecule has 1 aliphatic heterocycles. The van der Waals surface area contributed by atoms with Crippen LogP contribution < -0.4 is 10.6 Å². The van der Waals surface area contributed by atoms with Gasteiger partial charge in [0, 0.05) is 31.4 Å². The number of nitro groups is 1. The molecule has 1 saturated heterocycles. The average molecular weight is 336 g/mol. The smallest absolute Gasteiger partial charge is 0.310 e. The standard InChI is InChI=1S/C16H24N4O4/c21-13-3-1-11(2-4-13)19-16-9-14(15(10-17-16)20(22)23)18-12-5-7-24-8-6-12/h9-13,21H,1-8H2,(H2,17,18,19). The molecule has 2 heterocycles. The van der Waals surface area contributed by atoms with Crippen LogP contribution in [0, 0.1) is 10.1 Å². The molecule has 0 radical (unpaired) electrons. The van der Waals surface area contributed by atoms with Gasteiger partial charge in [-0.3, -0.25) is 10.1 Å². The van der Waals surface area contributed by atoms with Gasteiger partial charge in [0.15, 0.2) is 0 Å². The number of ether oxygens (including phenoxy) is 1. The molecule has 2 aliphatic rings. The normalized spacial score (nSPS) is 25.2. The van der Waals surface area contributed by atoms with E-state index in [1.54, 1.807) is 6.07 Å². The van der Waals surface area contributed by atoms with Crippen molar-refractivity contribution in [2.45, 2.75) is 56.7 Å². The zero-order valence-electron chi connectivity index (χ0n) is 13.6. The molecule has 24 heavy (non-hydrogen) atoms. The number of rotatable bonds is 5. The van der Waals surface area contributed by atoms with Crippen LogP contribution in [0.25, 0.3) is 0 Å². The van der Waals surface area contributed by atoms with E-state index < -0.39 is 4.92 Å². The molecular weight excluding hydrogens is 312 g/mol. The topological polar surface area (TPSA) is 110 Å². The van der Waals surface area contributed by atoms with E-state index >= 15 is 0 Å². The van der Waals surface area contributed by atoms with Gasteiger partial charge < -0.3 is 20.5 Å². The first-order valence-corrected chi connectivity index (χ1v) is 8.55. The van der Waals surface area contributed by atoms with E-state index in [2.05, 4.69) is 15.6 Å². The van der Waals surface area contributed by atoms with Crippen molar-refractivity contribution >= 4 is 17.2 Å². The highest BCUT2D eigenvalue weighted by atomic mass is 16.6. The van der Waals surface area contributed by atoms with Crippen LogP contribution >= 0.6 is 0 Å². The van der Waals surface area contributed by atoms with Gasteiger partial charge in [0.25, 0.3) is 0 Å². The number of nitrogens with zero attached hydrogens (tertiary/aromatic N) is 2. The van der Waals surface area contributed by atoms with Crippen LogP contribution in [0.2, 0.25) is 0 Å². The quantitative estimate of drug-likeness (QED) is 0.559. The van der Waals surface area contributed by atoms with Gasteiger partial charge >= 0.3 is 5.69 Å². The Hall–Kier alpha value is -1.93. The predicted molar refractivity (Wildman–Crippen MR) is 90.2 cm³/mol. The zero-order chi connectivity index (χ0) is 16.9. The van der Waals surface area contributed by atoms with Gasteiger partial charge in [-0.2, -0.15) is 0 Å². The first kappa shape index (κ1) is 16.9. The molecule has 0 amide bonds. The summed E-state index contributed by atoms with van der Waals surface area (Å²) < 4.78 is 5.33. The molecular formula is C16H24N4O4. The molecule has 8 nitrogen and oxygen atoms in total. The van der Waals surface area contributed by atoms with Crippen molar-refractivity contribution < 1.29 is 14.8 Å². The summed E-state index contributed by atoms with van der Waals surface area (Å²) in [7, 11) is 0. The fourth-order valence-corrected chi connectivity index (χ4v) is 3.28. The Morgan fingerprint density at radius 3 is 2.46 bits per heavy atom. The fraction of sp³-hybridized carbons (Fsp3) is 0.688. The molecule has 0 spiro atoms. The molecule has 0 bridgehead atoms. The van der Waals surface area contributed by atoms with E-state index in [0.717, 1.165) is 38.5 Å². The van der Waals surface area contributed by atoms with Crippen molar-refractivity contribution in [2.24, 2.45) is 0 Å². The third-order valence-electron chi connectivity index (χ3n) is 4.71. The molecule has 8 heteroatoms. The van der Waals surface area contributed by atoms with Crippen molar-refractivity contribution in [1.29, 1.82) is 0 Å². The Morgan fingerprint density at radius 2 is 1.79 bits per heavy atom. The number of anilines is 2. The minimum absolute atomic E-state index is 0.00823. The highest BCUT2D eigenvalue weighted by Crippen LogP contribution is 2.29. The SMILES string of the molecule is O=[N+]([O-])c1cnc(NC2CCC(O)CC2)cc1NC1CCOCC1. The number of pyridine rings is 1. The second kappa shape index (κ2) is 7.76. The number of aliphatic hydroxyl groups is 1. The van der Waals surface area contributed by atoms with Crippen LogP contribution in [0.15, 0.2) is 12.3 Å². The molecule has 0 atom stereocenters. The number of aromatic nitrogens is 1. The lowest BCUT2D eigenvalue weighted by Crippen LogP contribution is -2.29. The second-order valence-electron chi connectivity index (χ2n) is 6.52. The fourth-order valence-electron chi connectivity index (χ4n) is 3.28. The summed E-state index contributed by atoms with van der Waals surface area (Å²) in [6.45, 7) is 1.35. The molecule has 0 aromatic carbocycles. The van der Waals surface area contributed by atoms with Gasteiger partial charge in [0.05, 0.1) is 11.0 Å².